The Hall–Kier alpha value is -7.99. The van der Waals surface area contributed by atoms with Crippen molar-refractivity contribution in [2.24, 2.45) is 0 Å². The van der Waals surface area contributed by atoms with Crippen LogP contribution in [0.2, 0.25) is 0 Å². The van der Waals surface area contributed by atoms with Gasteiger partial charge in [-0.15, -0.1) is 0 Å². The maximum atomic E-state index is 6.85. The molecule has 2 aromatic heterocycles. The fraction of sp³-hybridized carbons (Fsp3) is 0.0938. The van der Waals surface area contributed by atoms with Crippen molar-refractivity contribution < 1.29 is 8.83 Å². The fourth-order valence-corrected chi connectivity index (χ4v) is 13.0. The Morgan fingerprint density at radius 1 is 0.536 bits per heavy atom. The average Bonchev–Trinajstić information content (AvgIpc) is 4.08. The van der Waals surface area contributed by atoms with Crippen molar-refractivity contribution in [2.45, 2.75) is 42.9 Å². The van der Waals surface area contributed by atoms with E-state index < -0.39 is 0 Å². The van der Waals surface area contributed by atoms with Crippen LogP contribution in [0.15, 0.2) is 225 Å². The van der Waals surface area contributed by atoms with Gasteiger partial charge in [-0.2, -0.15) is 0 Å². The molecule has 330 valence electrons. The first-order valence-electron chi connectivity index (χ1n) is 24.0. The number of rotatable bonds is 7. The molecule has 14 rings (SSSR count). The fourth-order valence-electron chi connectivity index (χ4n) is 11.5. The highest BCUT2D eigenvalue weighted by molar-refractivity contribution is 8.03. The largest absolute Gasteiger partial charge is 0.458 e. The third kappa shape index (κ3) is 6.16. The van der Waals surface area contributed by atoms with Gasteiger partial charge in [-0.1, -0.05) is 165 Å². The standard InChI is InChI=1S/C64H46N2O2S/c1-40-16-13-24-51-52-26-15-28-56(62(52)68-60(40)51)66(44-19-7-4-8-20-44)46-34-35-53-54(39-46)47-21-9-10-23-49(47)59-63(53)69-58-38-42(36-37-64(58,59)2)41-30-32-45(33-31-41)65(43-17-5-3-6-18-43)55-27-14-25-50-48-22-11-12-29-57(48)67-61(50)55/h3-15,17-36,38-40H,16,37H2,1-2H3. The zero-order chi connectivity index (χ0) is 45.8. The van der Waals surface area contributed by atoms with Gasteiger partial charge in [-0.3, -0.25) is 0 Å². The lowest BCUT2D eigenvalue weighted by Gasteiger charge is -2.31. The monoisotopic (exact) mass is 906 g/mol. The van der Waals surface area contributed by atoms with Gasteiger partial charge in [0.25, 0.3) is 0 Å². The molecule has 0 spiro atoms. The van der Waals surface area contributed by atoms with Gasteiger partial charge in [0.05, 0.1) is 11.4 Å². The van der Waals surface area contributed by atoms with Crippen LogP contribution in [0.25, 0.3) is 66.1 Å². The number of benzene rings is 9. The number of hydrogen-bond acceptors (Lipinski definition) is 5. The molecule has 0 amide bonds. The molecule has 1 aliphatic heterocycles. The lowest BCUT2D eigenvalue weighted by atomic mass is 9.73. The van der Waals surface area contributed by atoms with Gasteiger partial charge in [0, 0.05) is 65.6 Å². The first kappa shape index (κ1) is 40.1. The molecule has 2 aliphatic carbocycles. The van der Waals surface area contributed by atoms with Crippen LogP contribution in [0, 0.1) is 0 Å². The topological polar surface area (TPSA) is 32.8 Å². The van der Waals surface area contributed by atoms with Crippen LogP contribution in [0.5, 0.6) is 0 Å². The molecular weight excluding hydrogens is 861 g/mol. The molecule has 11 aromatic rings. The number of allylic oxidation sites excluding steroid dienone is 5. The van der Waals surface area contributed by atoms with Crippen molar-refractivity contribution >= 4 is 112 Å². The van der Waals surface area contributed by atoms with Crippen molar-refractivity contribution in [3.05, 3.63) is 234 Å². The molecule has 0 bridgehead atoms. The Labute approximate surface area is 405 Å². The Morgan fingerprint density at radius 3 is 1.90 bits per heavy atom. The summed E-state index contributed by atoms with van der Waals surface area (Å²) in [5.74, 6) is 1.41. The number of furan rings is 2. The van der Waals surface area contributed by atoms with E-state index in [0.717, 1.165) is 85.6 Å². The summed E-state index contributed by atoms with van der Waals surface area (Å²) in [6.07, 6.45) is 11.3. The molecule has 2 unspecified atom stereocenters. The van der Waals surface area contributed by atoms with Gasteiger partial charge in [0.1, 0.15) is 11.3 Å². The zero-order valence-corrected chi connectivity index (χ0v) is 39.1. The SMILES string of the molecule is CC1CC=Cc2c1oc1c(N(c3ccccc3)c3ccc4c5c(c6ccccc6c4c3)C3(C)CC=C(c4ccc(N(c6ccccc6)c6cccc7c6oc6ccccc67)cc4)C=C3S5)cccc21. The molecule has 9 aromatic carbocycles. The van der Waals surface area contributed by atoms with Crippen LogP contribution in [0.3, 0.4) is 0 Å². The average molecular weight is 907 g/mol. The minimum Gasteiger partial charge on any atom is -0.458 e. The Morgan fingerprint density at radius 2 is 1.14 bits per heavy atom. The summed E-state index contributed by atoms with van der Waals surface area (Å²) in [4.78, 5) is 7.45. The van der Waals surface area contributed by atoms with E-state index in [1.165, 1.54) is 53.6 Å². The van der Waals surface area contributed by atoms with E-state index in [9.17, 15) is 0 Å². The molecule has 4 nitrogen and oxygen atoms in total. The molecule has 0 fully saturated rings. The number of hydrogen-bond donors (Lipinski definition) is 0. The van der Waals surface area contributed by atoms with E-state index >= 15 is 0 Å². The van der Waals surface area contributed by atoms with Gasteiger partial charge in [-0.05, 0) is 124 Å². The van der Waals surface area contributed by atoms with Crippen LogP contribution in [0.4, 0.5) is 34.1 Å². The first-order chi connectivity index (χ1) is 34.0. The molecule has 3 aliphatic rings. The minimum absolute atomic E-state index is 0.152. The Balaban J connectivity index is 0.849. The summed E-state index contributed by atoms with van der Waals surface area (Å²) in [5, 5.41) is 8.54. The molecule has 0 saturated carbocycles. The number of thioether (sulfide) groups is 1. The number of para-hydroxylation sites is 5. The molecule has 0 radical (unpaired) electrons. The van der Waals surface area contributed by atoms with Gasteiger partial charge < -0.3 is 18.6 Å². The second-order valence-corrected chi connectivity index (χ2v) is 20.1. The van der Waals surface area contributed by atoms with E-state index in [1.807, 2.05) is 23.9 Å². The molecule has 2 atom stereocenters. The van der Waals surface area contributed by atoms with E-state index in [2.05, 4.69) is 224 Å². The first-order valence-corrected chi connectivity index (χ1v) is 24.8. The molecule has 5 heteroatoms. The van der Waals surface area contributed by atoms with Crippen molar-refractivity contribution in [1.82, 2.24) is 0 Å². The summed E-state index contributed by atoms with van der Waals surface area (Å²) < 4.78 is 13.4. The number of fused-ring (bicyclic) bond motifs is 14. The van der Waals surface area contributed by atoms with Crippen molar-refractivity contribution in [3.8, 4) is 0 Å². The van der Waals surface area contributed by atoms with Gasteiger partial charge in [-0.25, -0.2) is 0 Å². The van der Waals surface area contributed by atoms with E-state index in [0.29, 0.717) is 5.92 Å². The lowest BCUT2D eigenvalue weighted by molar-refractivity contribution is 0.504. The van der Waals surface area contributed by atoms with Crippen molar-refractivity contribution in [2.75, 3.05) is 9.80 Å². The van der Waals surface area contributed by atoms with E-state index in [1.54, 1.807) is 0 Å². The van der Waals surface area contributed by atoms with Crippen LogP contribution in [0.1, 0.15) is 55.1 Å². The Bertz CT molecular complexity index is 3970. The summed E-state index contributed by atoms with van der Waals surface area (Å²) in [6.45, 7) is 4.71. The van der Waals surface area contributed by atoms with Crippen molar-refractivity contribution in [1.29, 1.82) is 0 Å². The number of nitrogens with zero attached hydrogens (tertiary/aromatic N) is 2. The smallest absolute Gasteiger partial charge is 0.159 e. The van der Waals surface area contributed by atoms with Crippen LogP contribution < -0.4 is 9.80 Å². The molecule has 3 heterocycles. The predicted octanol–water partition coefficient (Wildman–Crippen LogP) is 18.8. The van der Waals surface area contributed by atoms with Crippen LogP contribution in [-0.4, -0.2) is 0 Å². The maximum Gasteiger partial charge on any atom is 0.159 e. The number of anilines is 6. The minimum atomic E-state index is -0.152. The van der Waals surface area contributed by atoms with Gasteiger partial charge >= 0.3 is 0 Å². The summed E-state index contributed by atoms with van der Waals surface area (Å²) in [5.41, 5.74) is 14.0. The Kier molecular flexibility index (Phi) is 9.03. The molecular formula is C64H46N2O2S. The highest BCUT2D eigenvalue weighted by atomic mass is 32.2. The maximum absolute atomic E-state index is 6.85. The van der Waals surface area contributed by atoms with Gasteiger partial charge in [0.2, 0.25) is 0 Å². The van der Waals surface area contributed by atoms with Gasteiger partial charge in [0.15, 0.2) is 11.2 Å². The predicted molar refractivity (Wildman–Crippen MR) is 290 cm³/mol. The highest BCUT2D eigenvalue weighted by Gasteiger charge is 2.43. The van der Waals surface area contributed by atoms with Crippen molar-refractivity contribution in [3.63, 3.8) is 0 Å². The summed E-state index contributed by atoms with van der Waals surface area (Å²) in [7, 11) is 0. The normalized spacial score (nSPS) is 17.3. The third-order valence-electron chi connectivity index (χ3n) is 14.9. The summed E-state index contributed by atoms with van der Waals surface area (Å²) in [6, 6.07) is 67.9. The quantitative estimate of drug-likeness (QED) is 0.149. The molecule has 0 N–H and O–H groups in total. The van der Waals surface area contributed by atoms with E-state index in [4.69, 9.17) is 8.83 Å². The van der Waals surface area contributed by atoms with Crippen LogP contribution in [-0.2, 0) is 5.41 Å². The summed E-state index contributed by atoms with van der Waals surface area (Å²) >= 11 is 1.96. The highest BCUT2D eigenvalue weighted by Crippen LogP contribution is 2.61. The second kappa shape index (κ2) is 15.5. The molecule has 69 heavy (non-hydrogen) atoms. The lowest BCUT2D eigenvalue weighted by Crippen LogP contribution is -2.22. The third-order valence-corrected chi connectivity index (χ3v) is 16.3. The van der Waals surface area contributed by atoms with Crippen LogP contribution >= 0.6 is 11.8 Å². The second-order valence-electron chi connectivity index (χ2n) is 19.0. The molecule has 0 saturated heterocycles. The van der Waals surface area contributed by atoms with E-state index in [-0.39, 0.29) is 5.41 Å². The zero-order valence-electron chi connectivity index (χ0n) is 38.3.